The quantitative estimate of drug-likeness (QED) is 0.649. The van der Waals surface area contributed by atoms with Crippen molar-refractivity contribution in [1.82, 2.24) is 0 Å². The number of rotatable bonds is 9. The lowest BCUT2D eigenvalue weighted by molar-refractivity contribution is 0.0842. The third-order valence-corrected chi connectivity index (χ3v) is 5.27. The maximum Gasteiger partial charge on any atom is 0.529 e. The first-order valence-electron chi connectivity index (χ1n) is 6.89. The molecule has 0 radical (unpaired) electrons. The predicted molar refractivity (Wildman–Crippen MR) is 79.9 cm³/mol. The van der Waals surface area contributed by atoms with Gasteiger partial charge in [0.25, 0.3) is 0 Å². The monoisotopic (exact) mass is 280 g/mol. The molecule has 0 amide bonds. The van der Waals surface area contributed by atoms with E-state index >= 15 is 0 Å². The van der Waals surface area contributed by atoms with Gasteiger partial charge in [-0.1, -0.05) is 36.4 Å². The van der Waals surface area contributed by atoms with Gasteiger partial charge in [0.05, 0.1) is 0 Å². The Morgan fingerprint density at radius 3 is 1.89 bits per heavy atom. The van der Waals surface area contributed by atoms with Gasteiger partial charge in [-0.2, -0.15) is 0 Å². The van der Waals surface area contributed by atoms with Crippen molar-refractivity contribution in [1.29, 1.82) is 0 Å². The highest BCUT2D eigenvalue weighted by molar-refractivity contribution is 6.66. The van der Waals surface area contributed by atoms with E-state index in [1.807, 2.05) is 44.7 Å². The molecule has 0 saturated heterocycles. The Hall–Kier alpha value is -0.943. The van der Waals surface area contributed by atoms with E-state index in [1.165, 1.54) is 5.56 Å². The Kier molecular flexibility index (Phi) is 7.67. The Bertz CT molecular complexity index is 348. The summed E-state index contributed by atoms with van der Waals surface area (Å²) in [7, 11) is -2.63. The van der Waals surface area contributed by atoms with E-state index in [2.05, 4.69) is 18.2 Å². The fraction of sp³-hybridized carbons (Fsp3) is 0.467. The van der Waals surface area contributed by atoms with Crippen LogP contribution in [0.15, 0.2) is 42.1 Å². The fourth-order valence-electron chi connectivity index (χ4n) is 1.83. The lowest BCUT2D eigenvalue weighted by atomic mass is 10.2. The maximum absolute atomic E-state index is 5.76. The molecule has 0 aliphatic heterocycles. The van der Waals surface area contributed by atoms with Gasteiger partial charge in [0.15, 0.2) is 0 Å². The largest absolute Gasteiger partial charge is 0.529 e. The predicted octanol–water partition coefficient (Wildman–Crippen LogP) is 3.37. The highest BCUT2D eigenvalue weighted by Crippen LogP contribution is 2.13. The van der Waals surface area contributed by atoms with E-state index in [4.69, 9.17) is 13.3 Å². The topological polar surface area (TPSA) is 27.7 Å². The molecule has 0 saturated carbocycles. The molecule has 0 heterocycles. The van der Waals surface area contributed by atoms with Crippen LogP contribution in [0.25, 0.3) is 0 Å². The molecule has 1 aromatic rings. The summed E-state index contributed by atoms with van der Waals surface area (Å²) in [6.45, 7) is 7.69. The van der Waals surface area contributed by atoms with E-state index in [0.717, 1.165) is 6.42 Å². The maximum atomic E-state index is 5.76. The van der Waals surface area contributed by atoms with Crippen molar-refractivity contribution in [3.05, 3.63) is 47.7 Å². The van der Waals surface area contributed by atoms with Gasteiger partial charge in [-0.3, -0.25) is 0 Å². The lowest BCUT2D eigenvalue weighted by Crippen LogP contribution is -2.44. The summed E-state index contributed by atoms with van der Waals surface area (Å²) >= 11 is 0. The third-order valence-electron chi connectivity index (χ3n) is 2.55. The molecule has 0 unspecified atom stereocenters. The smallest absolute Gasteiger partial charge is 0.371 e. The van der Waals surface area contributed by atoms with Gasteiger partial charge in [-0.25, -0.2) is 0 Å². The Balaban J connectivity index is 2.69. The molecule has 19 heavy (non-hydrogen) atoms. The van der Waals surface area contributed by atoms with Gasteiger partial charge in [0, 0.05) is 19.8 Å². The second-order valence-electron chi connectivity index (χ2n) is 3.99. The van der Waals surface area contributed by atoms with Crippen molar-refractivity contribution in [2.24, 2.45) is 0 Å². The zero-order valence-electron chi connectivity index (χ0n) is 12.1. The van der Waals surface area contributed by atoms with Crippen molar-refractivity contribution in [3.8, 4) is 0 Å². The first kappa shape index (κ1) is 16.1. The van der Waals surface area contributed by atoms with Crippen molar-refractivity contribution >= 4 is 8.80 Å². The Morgan fingerprint density at radius 2 is 1.42 bits per heavy atom. The van der Waals surface area contributed by atoms with Crippen molar-refractivity contribution < 1.29 is 13.3 Å². The molecule has 106 valence electrons. The molecule has 0 N–H and O–H groups in total. The molecule has 0 spiro atoms. The summed E-state index contributed by atoms with van der Waals surface area (Å²) < 4.78 is 17.3. The van der Waals surface area contributed by atoms with Crippen LogP contribution in [0.5, 0.6) is 0 Å². The van der Waals surface area contributed by atoms with Gasteiger partial charge in [0.1, 0.15) is 0 Å². The van der Waals surface area contributed by atoms with Crippen molar-refractivity contribution in [2.75, 3.05) is 19.8 Å². The summed E-state index contributed by atoms with van der Waals surface area (Å²) in [5.74, 6) is 0. The van der Waals surface area contributed by atoms with Crippen LogP contribution in [-0.4, -0.2) is 28.6 Å². The first-order valence-corrected chi connectivity index (χ1v) is 8.70. The number of hydrogen-bond donors (Lipinski definition) is 0. The molecule has 1 rings (SSSR count). The van der Waals surface area contributed by atoms with E-state index < -0.39 is 8.80 Å². The van der Waals surface area contributed by atoms with Crippen LogP contribution in [0.2, 0.25) is 0 Å². The fourth-order valence-corrected chi connectivity index (χ4v) is 3.98. The van der Waals surface area contributed by atoms with Gasteiger partial charge >= 0.3 is 8.80 Å². The van der Waals surface area contributed by atoms with Crippen LogP contribution < -0.4 is 0 Å². The molecule has 0 aromatic heterocycles. The van der Waals surface area contributed by atoms with Crippen molar-refractivity contribution in [3.63, 3.8) is 0 Å². The van der Waals surface area contributed by atoms with Crippen LogP contribution in [0.4, 0.5) is 0 Å². The lowest BCUT2D eigenvalue weighted by Gasteiger charge is -2.25. The molecule has 1 aromatic carbocycles. The van der Waals surface area contributed by atoms with Gasteiger partial charge in [0.2, 0.25) is 0 Å². The Morgan fingerprint density at radius 1 is 0.895 bits per heavy atom. The minimum absolute atomic E-state index is 0.599. The highest BCUT2D eigenvalue weighted by atomic mass is 28.4. The highest BCUT2D eigenvalue weighted by Gasteiger charge is 2.37. The van der Waals surface area contributed by atoms with Gasteiger partial charge in [-0.05, 0) is 38.5 Å². The molecule has 0 aliphatic rings. The van der Waals surface area contributed by atoms with E-state index in [9.17, 15) is 0 Å². The average Bonchev–Trinajstić information content (AvgIpc) is 2.41. The van der Waals surface area contributed by atoms with Crippen LogP contribution >= 0.6 is 0 Å². The Labute approximate surface area is 117 Å². The molecule has 0 fully saturated rings. The molecule has 0 bridgehead atoms. The second-order valence-corrected chi connectivity index (χ2v) is 6.40. The number of allylic oxidation sites excluding steroid dienone is 1. The van der Waals surface area contributed by atoms with Gasteiger partial charge in [-0.15, -0.1) is 0 Å². The van der Waals surface area contributed by atoms with Crippen molar-refractivity contribution in [2.45, 2.75) is 27.2 Å². The molecule has 4 heteroatoms. The number of benzene rings is 1. The van der Waals surface area contributed by atoms with Crippen LogP contribution in [0.3, 0.4) is 0 Å². The standard InChI is InChI=1S/C15H24O3Si/c1-4-16-19(17-5-2,18-6-3)14-10-13-15-11-8-7-9-12-15/h7-12,14H,4-6,13H2,1-3H3. The summed E-state index contributed by atoms with van der Waals surface area (Å²) in [6.07, 6.45) is 2.95. The molecule has 0 aliphatic carbocycles. The first-order chi connectivity index (χ1) is 9.26. The molecular formula is C15H24O3Si. The average molecular weight is 280 g/mol. The number of hydrogen-bond acceptors (Lipinski definition) is 3. The van der Waals surface area contributed by atoms with E-state index in [0.29, 0.717) is 19.8 Å². The van der Waals surface area contributed by atoms with Gasteiger partial charge < -0.3 is 13.3 Å². The normalized spacial score (nSPS) is 12.2. The summed E-state index contributed by atoms with van der Waals surface area (Å²) in [5.41, 5.74) is 3.27. The van der Waals surface area contributed by atoms with Crippen LogP contribution in [-0.2, 0) is 19.7 Å². The van der Waals surface area contributed by atoms with Crippen LogP contribution in [0.1, 0.15) is 26.3 Å². The SMILES string of the molecule is CCO[Si](C=CCc1ccccc1)(OCC)OCC. The van der Waals surface area contributed by atoms with Crippen LogP contribution in [0, 0.1) is 0 Å². The zero-order chi connectivity index (χ0) is 14.0. The molecule has 0 atom stereocenters. The molecule has 3 nitrogen and oxygen atoms in total. The second kappa shape index (κ2) is 9.04. The zero-order valence-corrected chi connectivity index (χ0v) is 13.1. The van der Waals surface area contributed by atoms with E-state index in [-0.39, 0.29) is 0 Å². The third kappa shape index (κ3) is 5.70. The minimum atomic E-state index is -2.63. The summed E-state index contributed by atoms with van der Waals surface area (Å²) in [6, 6.07) is 10.3. The van der Waals surface area contributed by atoms with E-state index in [1.54, 1.807) is 0 Å². The molecular weight excluding hydrogens is 256 g/mol. The summed E-state index contributed by atoms with van der Waals surface area (Å²) in [4.78, 5) is 0. The minimum Gasteiger partial charge on any atom is -0.371 e. The summed E-state index contributed by atoms with van der Waals surface area (Å²) in [5, 5.41) is 0.